The summed E-state index contributed by atoms with van der Waals surface area (Å²) in [5.74, 6) is -0.174. The van der Waals surface area contributed by atoms with Crippen molar-refractivity contribution in [1.29, 1.82) is 0 Å². The lowest BCUT2D eigenvalue weighted by Gasteiger charge is -2.13. The summed E-state index contributed by atoms with van der Waals surface area (Å²) in [6.07, 6.45) is 0.880. The molecule has 112 valence electrons. The van der Waals surface area contributed by atoms with Gasteiger partial charge >= 0.3 is 0 Å². The molecular weight excluding hydrogens is 356 g/mol. The number of carbonyl (C=O) groups excluding carboxylic acids is 1. The number of nitrogens with zero attached hydrogens (tertiary/aromatic N) is 1. The largest absolute Gasteiger partial charge is 0.320 e. The first kappa shape index (κ1) is 16.0. The van der Waals surface area contributed by atoms with Gasteiger partial charge in [0.25, 0.3) is 5.91 Å². The van der Waals surface area contributed by atoms with E-state index in [9.17, 15) is 4.79 Å². The molecule has 1 aromatic heterocycles. The van der Waals surface area contributed by atoms with E-state index in [2.05, 4.69) is 36.8 Å². The van der Waals surface area contributed by atoms with Gasteiger partial charge in [0.1, 0.15) is 0 Å². The molecule has 1 amide bonds. The number of benzene rings is 1. The number of fused-ring (bicyclic) bond motifs is 1. The average molecular weight is 372 g/mol. The van der Waals surface area contributed by atoms with Gasteiger partial charge in [0, 0.05) is 40.9 Å². The Morgan fingerprint density at radius 3 is 3.05 bits per heavy atom. The summed E-state index contributed by atoms with van der Waals surface area (Å²) in [6.45, 7) is 3.56. The highest BCUT2D eigenvalue weighted by atomic mass is 79.9. The lowest BCUT2D eigenvalue weighted by Crippen LogP contribution is -2.25. The van der Waals surface area contributed by atoms with Crippen LogP contribution in [0.15, 0.2) is 22.7 Å². The number of H-pyrrole nitrogens is 1. The van der Waals surface area contributed by atoms with Gasteiger partial charge in [0.05, 0.1) is 0 Å². The maximum Gasteiger partial charge on any atom is 0.276 e. The molecule has 0 aliphatic carbocycles. The zero-order valence-corrected chi connectivity index (χ0v) is 13.9. The van der Waals surface area contributed by atoms with Crippen molar-refractivity contribution >= 4 is 39.9 Å². The molecule has 3 N–H and O–H groups in total. The van der Waals surface area contributed by atoms with Crippen LogP contribution >= 0.6 is 28.3 Å². The first-order valence-corrected chi connectivity index (χ1v) is 7.29. The summed E-state index contributed by atoms with van der Waals surface area (Å²) < 4.78 is 0.973. The van der Waals surface area contributed by atoms with E-state index in [0.717, 1.165) is 39.9 Å². The van der Waals surface area contributed by atoms with Crippen LogP contribution in [0.25, 0.3) is 0 Å². The highest BCUT2D eigenvalue weighted by Crippen LogP contribution is 2.24. The minimum absolute atomic E-state index is 0. The molecule has 0 radical (unpaired) electrons. The Hall–Kier alpha value is -1.37. The molecule has 2 heterocycles. The number of amides is 1. The third-order valence-corrected chi connectivity index (χ3v) is 4.40. The van der Waals surface area contributed by atoms with Crippen molar-refractivity contribution in [2.24, 2.45) is 0 Å². The Kier molecular flexibility index (Phi) is 5.03. The van der Waals surface area contributed by atoms with Crippen LogP contribution in [0, 0.1) is 6.92 Å². The summed E-state index contributed by atoms with van der Waals surface area (Å²) in [7, 11) is 0. The second-order valence-electron chi connectivity index (χ2n) is 4.82. The SMILES string of the molecule is Cc1c(Br)cccc1NC(=O)c1n[nH]c2c1CNCC2.Cl. The number of carbonyl (C=O) groups is 1. The molecule has 0 saturated heterocycles. The lowest BCUT2D eigenvalue weighted by molar-refractivity contribution is 0.102. The van der Waals surface area contributed by atoms with E-state index < -0.39 is 0 Å². The molecule has 1 aliphatic heterocycles. The molecule has 0 spiro atoms. The van der Waals surface area contributed by atoms with Crippen molar-refractivity contribution in [3.8, 4) is 0 Å². The Balaban J connectivity index is 0.00000161. The van der Waals surface area contributed by atoms with Crippen molar-refractivity contribution in [3.63, 3.8) is 0 Å². The van der Waals surface area contributed by atoms with Gasteiger partial charge in [-0.3, -0.25) is 9.89 Å². The van der Waals surface area contributed by atoms with Gasteiger partial charge < -0.3 is 10.6 Å². The number of halogens is 2. The molecule has 7 heteroatoms. The third-order valence-electron chi connectivity index (χ3n) is 3.54. The maximum absolute atomic E-state index is 12.4. The van der Waals surface area contributed by atoms with Crippen molar-refractivity contribution < 1.29 is 4.79 Å². The monoisotopic (exact) mass is 370 g/mol. The van der Waals surface area contributed by atoms with Gasteiger partial charge in [-0.15, -0.1) is 12.4 Å². The molecular formula is C14H16BrClN4O. The molecule has 0 fully saturated rings. The van der Waals surface area contributed by atoms with Gasteiger partial charge in [-0.25, -0.2) is 0 Å². The van der Waals surface area contributed by atoms with Gasteiger partial charge in [0.2, 0.25) is 0 Å². The summed E-state index contributed by atoms with van der Waals surface area (Å²) in [5.41, 5.74) is 4.31. The smallest absolute Gasteiger partial charge is 0.276 e. The summed E-state index contributed by atoms with van der Waals surface area (Å²) in [5, 5.41) is 13.3. The molecule has 0 atom stereocenters. The summed E-state index contributed by atoms with van der Waals surface area (Å²) in [6, 6.07) is 5.73. The van der Waals surface area contributed by atoms with Crippen molar-refractivity contribution in [2.75, 3.05) is 11.9 Å². The number of nitrogens with one attached hydrogen (secondary N) is 3. The quantitative estimate of drug-likeness (QED) is 0.760. The first-order chi connectivity index (χ1) is 9.66. The Morgan fingerprint density at radius 1 is 1.43 bits per heavy atom. The standard InChI is InChI=1S/C14H15BrN4O.ClH/c1-8-10(15)3-2-4-11(8)17-14(20)13-9-7-16-6-5-12(9)18-19-13;/h2-4,16H,5-7H2,1H3,(H,17,20)(H,18,19);1H. The number of aromatic amines is 1. The minimum Gasteiger partial charge on any atom is -0.320 e. The number of rotatable bonds is 2. The normalized spacial score (nSPS) is 13.2. The highest BCUT2D eigenvalue weighted by Gasteiger charge is 2.21. The van der Waals surface area contributed by atoms with Gasteiger partial charge in [-0.2, -0.15) is 5.10 Å². The molecule has 0 unspecified atom stereocenters. The van der Waals surface area contributed by atoms with Crippen LogP contribution in [0.4, 0.5) is 5.69 Å². The molecule has 2 aromatic rings. The number of anilines is 1. The van der Waals surface area contributed by atoms with Crippen LogP contribution in [-0.2, 0) is 13.0 Å². The van der Waals surface area contributed by atoms with Crippen LogP contribution < -0.4 is 10.6 Å². The Morgan fingerprint density at radius 2 is 2.24 bits per heavy atom. The number of hydrogen-bond acceptors (Lipinski definition) is 3. The zero-order valence-electron chi connectivity index (χ0n) is 11.5. The highest BCUT2D eigenvalue weighted by molar-refractivity contribution is 9.10. The molecule has 1 aromatic carbocycles. The Labute approximate surface area is 137 Å². The third kappa shape index (κ3) is 3.12. The van der Waals surface area contributed by atoms with Gasteiger partial charge in [-0.1, -0.05) is 22.0 Å². The van der Waals surface area contributed by atoms with Crippen LogP contribution in [0.2, 0.25) is 0 Å². The fourth-order valence-corrected chi connectivity index (χ4v) is 2.70. The van der Waals surface area contributed by atoms with Crippen molar-refractivity contribution in [3.05, 3.63) is 45.2 Å². The fraction of sp³-hybridized carbons (Fsp3) is 0.286. The van der Waals surface area contributed by atoms with E-state index in [0.29, 0.717) is 12.2 Å². The maximum atomic E-state index is 12.4. The molecule has 5 nitrogen and oxygen atoms in total. The average Bonchev–Trinajstić information content (AvgIpc) is 2.88. The topological polar surface area (TPSA) is 69.8 Å². The van der Waals surface area contributed by atoms with Gasteiger partial charge in [-0.05, 0) is 24.6 Å². The lowest BCUT2D eigenvalue weighted by atomic mass is 10.1. The number of aromatic nitrogens is 2. The predicted octanol–water partition coefficient (Wildman–Crippen LogP) is 2.80. The minimum atomic E-state index is -0.174. The predicted molar refractivity (Wildman–Crippen MR) is 88.1 cm³/mol. The van der Waals surface area contributed by atoms with Crippen LogP contribution in [0.1, 0.15) is 27.3 Å². The van der Waals surface area contributed by atoms with E-state index in [1.165, 1.54) is 0 Å². The summed E-state index contributed by atoms with van der Waals surface area (Å²) >= 11 is 3.46. The van der Waals surface area contributed by atoms with E-state index in [1.54, 1.807) is 0 Å². The zero-order chi connectivity index (χ0) is 14.1. The van der Waals surface area contributed by atoms with Crippen molar-refractivity contribution in [2.45, 2.75) is 19.9 Å². The van der Waals surface area contributed by atoms with E-state index in [1.807, 2.05) is 25.1 Å². The second kappa shape index (κ2) is 6.60. The van der Waals surface area contributed by atoms with Gasteiger partial charge in [0.15, 0.2) is 5.69 Å². The summed E-state index contributed by atoms with van der Waals surface area (Å²) in [4.78, 5) is 12.4. The van der Waals surface area contributed by atoms with E-state index >= 15 is 0 Å². The van der Waals surface area contributed by atoms with Crippen LogP contribution in [0.3, 0.4) is 0 Å². The molecule has 0 bridgehead atoms. The Bertz CT molecular complexity index is 671. The second-order valence-corrected chi connectivity index (χ2v) is 5.68. The van der Waals surface area contributed by atoms with Crippen molar-refractivity contribution in [1.82, 2.24) is 15.5 Å². The first-order valence-electron chi connectivity index (χ1n) is 6.50. The van der Waals surface area contributed by atoms with Crippen LogP contribution in [-0.4, -0.2) is 22.6 Å². The van der Waals surface area contributed by atoms with E-state index in [-0.39, 0.29) is 18.3 Å². The molecule has 1 aliphatic rings. The van der Waals surface area contributed by atoms with E-state index in [4.69, 9.17) is 0 Å². The van der Waals surface area contributed by atoms with Crippen LogP contribution in [0.5, 0.6) is 0 Å². The molecule has 21 heavy (non-hydrogen) atoms. The molecule has 3 rings (SSSR count). The number of hydrogen-bond donors (Lipinski definition) is 3. The molecule has 0 saturated carbocycles. The fourth-order valence-electron chi connectivity index (χ4n) is 2.34.